The number of fused-ring (bicyclic) bond motifs is 2. The second kappa shape index (κ2) is 9.75. The molecule has 0 amide bonds. The van der Waals surface area contributed by atoms with Crippen LogP contribution >= 0.6 is 11.6 Å². The molecule has 0 aliphatic carbocycles. The molecule has 152 valence electrons. The van der Waals surface area contributed by atoms with Gasteiger partial charge < -0.3 is 9.47 Å². The molecule has 0 saturated heterocycles. The fraction of sp³-hybridized carbons (Fsp3) is 0.333. The molecule has 3 rings (SSSR count). The molecule has 0 aliphatic rings. The third-order valence-corrected chi connectivity index (χ3v) is 5.02. The van der Waals surface area contributed by atoms with Gasteiger partial charge in [0.2, 0.25) is 0 Å². The number of ether oxygens (including phenoxy) is 2. The fourth-order valence-electron chi connectivity index (χ4n) is 3.26. The predicted molar refractivity (Wildman–Crippen MR) is 117 cm³/mol. The van der Waals surface area contributed by atoms with Gasteiger partial charge in [-0.05, 0) is 31.0 Å². The molecule has 0 spiro atoms. The maximum absolute atomic E-state index is 12.4. The number of hydrogen-bond acceptors (Lipinski definition) is 4. The summed E-state index contributed by atoms with van der Waals surface area (Å²) in [5.41, 5.74) is 0. The van der Waals surface area contributed by atoms with E-state index in [4.69, 9.17) is 21.1 Å². The lowest BCUT2D eigenvalue weighted by molar-refractivity contribution is -0.135. The van der Waals surface area contributed by atoms with Crippen molar-refractivity contribution < 1.29 is 19.1 Å². The molecule has 0 N–H and O–H groups in total. The number of hydrogen-bond donors (Lipinski definition) is 0. The van der Waals surface area contributed by atoms with Crippen molar-refractivity contribution in [2.75, 3.05) is 0 Å². The average molecular weight is 413 g/mol. The number of benzene rings is 3. The van der Waals surface area contributed by atoms with Gasteiger partial charge in [-0.3, -0.25) is 9.59 Å². The van der Waals surface area contributed by atoms with Crippen molar-refractivity contribution in [1.29, 1.82) is 0 Å². The summed E-state index contributed by atoms with van der Waals surface area (Å²) < 4.78 is 11.6. The van der Waals surface area contributed by atoms with Gasteiger partial charge in [-0.2, -0.15) is 0 Å². The molecular weight excluding hydrogens is 388 g/mol. The first kappa shape index (κ1) is 21.1. The minimum Gasteiger partial charge on any atom is -0.425 e. The van der Waals surface area contributed by atoms with E-state index < -0.39 is 0 Å². The first-order chi connectivity index (χ1) is 14.0. The zero-order valence-electron chi connectivity index (χ0n) is 16.8. The van der Waals surface area contributed by atoms with Gasteiger partial charge in [-0.1, -0.05) is 62.6 Å². The van der Waals surface area contributed by atoms with Crippen molar-refractivity contribution in [2.45, 2.75) is 52.4 Å². The first-order valence-electron chi connectivity index (χ1n) is 10.1. The van der Waals surface area contributed by atoms with E-state index in [1.165, 1.54) is 0 Å². The molecule has 0 aliphatic heterocycles. The standard InChI is InChI=1S/C24H25ClO4/c1-3-5-11-21(26)28-23-17-9-7-8-10-18(17)24(29-22(27)12-6-4-2)20-15-16(25)13-14-19(20)23/h7-10,13-15H,3-6,11-12H2,1-2H3. The summed E-state index contributed by atoms with van der Waals surface area (Å²) in [6, 6.07) is 12.8. The molecule has 29 heavy (non-hydrogen) atoms. The largest absolute Gasteiger partial charge is 0.425 e. The second-order valence-corrected chi connectivity index (χ2v) is 7.49. The third kappa shape index (κ3) is 4.88. The molecule has 0 unspecified atom stereocenters. The molecule has 3 aromatic carbocycles. The number of carbonyl (C=O) groups excluding carboxylic acids is 2. The van der Waals surface area contributed by atoms with Crippen LogP contribution in [0.15, 0.2) is 42.5 Å². The topological polar surface area (TPSA) is 52.6 Å². The molecule has 0 heterocycles. The molecule has 0 saturated carbocycles. The van der Waals surface area contributed by atoms with Crippen LogP contribution in [0.4, 0.5) is 0 Å². The Kier molecular flexibility index (Phi) is 7.10. The second-order valence-electron chi connectivity index (χ2n) is 7.05. The van der Waals surface area contributed by atoms with E-state index in [0.29, 0.717) is 45.5 Å². The van der Waals surface area contributed by atoms with E-state index in [-0.39, 0.29) is 11.9 Å². The van der Waals surface area contributed by atoms with Crippen LogP contribution in [0, 0.1) is 0 Å². The maximum Gasteiger partial charge on any atom is 0.311 e. The van der Waals surface area contributed by atoms with Crippen LogP contribution in [0.5, 0.6) is 11.5 Å². The number of rotatable bonds is 8. The van der Waals surface area contributed by atoms with Crippen molar-refractivity contribution in [2.24, 2.45) is 0 Å². The summed E-state index contributed by atoms with van der Waals surface area (Å²) in [7, 11) is 0. The van der Waals surface area contributed by atoms with Crippen LogP contribution in [0.1, 0.15) is 52.4 Å². The van der Waals surface area contributed by atoms with E-state index in [0.717, 1.165) is 31.1 Å². The molecule has 0 radical (unpaired) electrons. The molecular formula is C24H25ClO4. The van der Waals surface area contributed by atoms with Gasteiger partial charge >= 0.3 is 11.9 Å². The lowest BCUT2D eigenvalue weighted by atomic mass is 10.0. The first-order valence-corrected chi connectivity index (χ1v) is 10.5. The number of unbranched alkanes of at least 4 members (excludes halogenated alkanes) is 2. The highest BCUT2D eigenvalue weighted by Crippen LogP contribution is 2.44. The molecule has 4 nitrogen and oxygen atoms in total. The molecule has 0 aromatic heterocycles. The van der Waals surface area contributed by atoms with E-state index in [2.05, 4.69) is 0 Å². The Balaban J connectivity index is 2.17. The van der Waals surface area contributed by atoms with E-state index in [1.54, 1.807) is 18.2 Å². The normalized spacial score (nSPS) is 11.0. The van der Waals surface area contributed by atoms with Gasteiger partial charge in [0, 0.05) is 39.4 Å². The van der Waals surface area contributed by atoms with Gasteiger partial charge in [0.1, 0.15) is 11.5 Å². The molecule has 0 bridgehead atoms. The highest BCUT2D eigenvalue weighted by Gasteiger charge is 2.20. The summed E-state index contributed by atoms with van der Waals surface area (Å²) >= 11 is 6.24. The molecule has 0 atom stereocenters. The summed E-state index contributed by atoms with van der Waals surface area (Å²) in [5.74, 6) is 0.362. The van der Waals surface area contributed by atoms with Crippen molar-refractivity contribution in [3.63, 3.8) is 0 Å². The number of carbonyl (C=O) groups is 2. The Morgan fingerprint density at radius 1 is 0.759 bits per heavy atom. The van der Waals surface area contributed by atoms with Crippen molar-refractivity contribution >= 4 is 45.1 Å². The SMILES string of the molecule is CCCCC(=O)Oc1c2ccccc2c(OC(=O)CCCC)c2cc(Cl)ccc12. The fourth-order valence-corrected chi connectivity index (χ4v) is 3.44. The minimum absolute atomic E-state index is 0.277. The monoisotopic (exact) mass is 412 g/mol. The number of esters is 2. The van der Waals surface area contributed by atoms with Crippen LogP contribution in [0.25, 0.3) is 21.5 Å². The predicted octanol–water partition coefficient (Wildman–Crippen LogP) is 6.84. The molecule has 3 aromatic rings. The Morgan fingerprint density at radius 2 is 1.24 bits per heavy atom. The Hall–Kier alpha value is -2.59. The van der Waals surface area contributed by atoms with Gasteiger partial charge in [-0.15, -0.1) is 0 Å². The van der Waals surface area contributed by atoms with Crippen LogP contribution in [-0.4, -0.2) is 11.9 Å². The van der Waals surface area contributed by atoms with Gasteiger partial charge in [0.25, 0.3) is 0 Å². The Labute approximate surface area is 175 Å². The zero-order valence-corrected chi connectivity index (χ0v) is 17.6. The van der Waals surface area contributed by atoms with E-state index >= 15 is 0 Å². The summed E-state index contributed by atoms with van der Waals surface area (Å²) in [6.45, 7) is 4.06. The lowest BCUT2D eigenvalue weighted by Gasteiger charge is -2.16. The smallest absolute Gasteiger partial charge is 0.311 e. The van der Waals surface area contributed by atoms with E-state index in [1.807, 2.05) is 38.1 Å². The van der Waals surface area contributed by atoms with Crippen LogP contribution in [0.3, 0.4) is 0 Å². The van der Waals surface area contributed by atoms with Crippen LogP contribution in [0.2, 0.25) is 5.02 Å². The van der Waals surface area contributed by atoms with Crippen molar-refractivity contribution in [3.05, 3.63) is 47.5 Å². The van der Waals surface area contributed by atoms with Crippen LogP contribution in [-0.2, 0) is 9.59 Å². The van der Waals surface area contributed by atoms with E-state index in [9.17, 15) is 9.59 Å². The maximum atomic E-state index is 12.4. The summed E-state index contributed by atoms with van der Waals surface area (Å²) in [4.78, 5) is 24.8. The Bertz CT molecular complexity index is 1040. The Morgan fingerprint density at radius 3 is 1.76 bits per heavy atom. The van der Waals surface area contributed by atoms with Gasteiger partial charge in [0.05, 0.1) is 0 Å². The number of halogens is 1. The third-order valence-electron chi connectivity index (χ3n) is 4.79. The highest BCUT2D eigenvalue weighted by molar-refractivity contribution is 6.31. The molecule has 5 heteroatoms. The quantitative estimate of drug-likeness (QED) is 0.231. The van der Waals surface area contributed by atoms with Gasteiger partial charge in [-0.25, -0.2) is 0 Å². The minimum atomic E-state index is -0.286. The van der Waals surface area contributed by atoms with Crippen molar-refractivity contribution in [3.8, 4) is 11.5 Å². The highest BCUT2D eigenvalue weighted by atomic mass is 35.5. The lowest BCUT2D eigenvalue weighted by Crippen LogP contribution is -2.10. The van der Waals surface area contributed by atoms with Crippen molar-refractivity contribution in [1.82, 2.24) is 0 Å². The van der Waals surface area contributed by atoms with Crippen LogP contribution < -0.4 is 9.47 Å². The molecule has 0 fully saturated rings. The average Bonchev–Trinajstić information content (AvgIpc) is 2.72. The summed E-state index contributed by atoms with van der Waals surface area (Å²) in [5, 5.41) is 3.30. The zero-order chi connectivity index (χ0) is 20.8. The summed E-state index contributed by atoms with van der Waals surface area (Å²) in [6.07, 6.45) is 4.07. The van der Waals surface area contributed by atoms with Gasteiger partial charge in [0.15, 0.2) is 0 Å².